The number of hydrogen-bond acceptors (Lipinski definition) is 4. The predicted octanol–water partition coefficient (Wildman–Crippen LogP) is 0.477. The van der Waals surface area contributed by atoms with E-state index in [4.69, 9.17) is 4.74 Å². The van der Waals surface area contributed by atoms with E-state index in [1.807, 2.05) is 10.7 Å². The van der Waals surface area contributed by atoms with Crippen molar-refractivity contribution >= 4 is 10.0 Å². The van der Waals surface area contributed by atoms with Gasteiger partial charge in [0, 0.05) is 25.2 Å². The Hall–Kier alpha value is -1.18. The van der Waals surface area contributed by atoms with Crippen LogP contribution in [0, 0.1) is 5.92 Å². The second-order valence-electron chi connectivity index (χ2n) is 4.75. The lowest BCUT2D eigenvalue weighted by molar-refractivity contribution is 0.107. The topological polar surface area (TPSA) is 64.4 Å². The van der Waals surface area contributed by atoms with Crippen LogP contribution < -0.4 is 0 Å². The molecule has 106 valence electrons. The van der Waals surface area contributed by atoms with Crippen molar-refractivity contribution in [3.8, 4) is 0 Å². The number of ether oxygens (including phenoxy) is 1. The van der Waals surface area contributed by atoms with Crippen LogP contribution in [0.1, 0.15) is 5.69 Å². The third-order valence-electron chi connectivity index (χ3n) is 3.09. The number of sulfonamides is 1. The summed E-state index contributed by atoms with van der Waals surface area (Å²) in [6.45, 7) is 6.07. The molecule has 0 radical (unpaired) electrons. The van der Waals surface area contributed by atoms with Crippen molar-refractivity contribution in [1.29, 1.82) is 0 Å². The molecule has 0 spiro atoms. The Morgan fingerprint density at radius 3 is 3.05 bits per heavy atom. The highest BCUT2D eigenvalue weighted by molar-refractivity contribution is 7.88. The number of nitrogens with zero attached hydrogens (tertiary/aromatic N) is 3. The zero-order chi connectivity index (χ0) is 13.9. The first-order chi connectivity index (χ1) is 9.00. The molecule has 0 saturated carbocycles. The maximum Gasteiger partial charge on any atom is 0.211 e. The number of aromatic nitrogens is 2. The molecule has 7 heteroatoms. The molecule has 2 heterocycles. The molecular formula is C12H19N3O3S. The molecule has 0 bridgehead atoms. The fourth-order valence-corrected chi connectivity index (χ4v) is 3.02. The average Bonchev–Trinajstić information content (AvgIpc) is 2.67. The molecule has 19 heavy (non-hydrogen) atoms. The number of hydrogen-bond donors (Lipinski definition) is 0. The van der Waals surface area contributed by atoms with E-state index in [0.717, 1.165) is 5.69 Å². The van der Waals surface area contributed by atoms with Crippen molar-refractivity contribution in [2.45, 2.75) is 13.1 Å². The van der Waals surface area contributed by atoms with Crippen molar-refractivity contribution in [1.82, 2.24) is 14.1 Å². The number of rotatable bonds is 5. The third kappa shape index (κ3) is 3.65. The van der Waals surface area contributed by atoms with Gasteiger partial charge < -0.3 is 4.74 Å². The molecule has 1 aliphatic heterocycles. The van der Waals surface area contributed by atoms with Crippen LogP contribution in [-0.4, -0.2) is 48.5 Å². The lowest BCUT2D eigenvalue weighted by Crippen LogP contribution is -2.34. The Labute approximate surface area is 113 Å². The van der Waals surface area contributed by atoms with Crippen molar-refractivity contribution < 1.29 is 13.2 Å². The zero-order valence-corrected chi connectivity index (χ0v) is 11.8. The van der Waals surface area contributed by atoms with Gasteiger partial charge in [0.05, 0.1) is 31.7 Å². The fourth-order valence-electron chi connectivity index (χ4n) is 2.17. The van der Waals surface area contributed by atoms with Crippen LogP contribution in [0.4, 0.5) is 0 Å². The molecule has 1 aliphatic rings. The first-order valence-electron chi connectivity index (χ1n) is 6.15. The summed E-state index contributed by atoms with van der Waals surface area (Å²) in [7, 11) is -3.22. The minimum atomic E-state index is -3.22. The standard InChI is InChI=1S/C12H19N3O3S/c1-3-6-18-10-11-7-14(19(2,16)17)9-12-4-5-13-15(12)8-11/h3-5,11H,1,6-10H2,2H3/t11-/m0/s1. The summed E-state index contributed by atoms with van der Waals surface area (Å²) in [5, 5.41) is 4.23. The molecule has 2 rings (SSSR count). The fraction of sp³-hybridized carbons (Fsp3) is 0.583. The smallest absolute Gasteiger partial charge is 0.211 e. The first-order valence-corrected chi connectivity index (χ1v) is 8.00. The van der Waals surface area contributed by atoms with Crippen LogP contribution in [0.3, 0.4) is 0 Å². The third-order valence-corrected chi connectivity index (χ3v) is 4.31. The van der Waals surface area contributed by atoms with E-state index in [0.29, 0.717) is 32.8 Å². The Morgan fingerprint density at radius 2 is 2.37 bits per heavy atom. The van der Waals surface area contributed by atoms with Crippen molar-refractivity contribution in [3.63, 3.8) is 0 Å². The van der Waals surface area contributed by atoms with Crippen LogP contribution >= 0.6 is 0 Å². The molecule has 0 N–H and O–H groups in total. The molecule has 1 aromatic rings. The van der Waals surface area contributed by atoms with E-state index in [1.54, 1.807) is 12.3 Å². The summed E-state index contributed by atoms with van der Waals surface area (Å²) in [6, 6.07) is 1.85. The molecule has 0 aromatic carbocycles. The predicted molar refractivity (Wildman–Crippen MR) is 72.0 cm³/mol. The highest BCUT2D eigenvalue weighted by Crippen LogP contribution is 2.18. The van der Waals surface area contributed by atoms with Crippen molar-refractivity contribution in [2.75, 3.05) is 26.0 Å². The van der Waals surface area contributed by atoms with E-state index in [1.165, 1.54) is 10.6 Å². The zero-order valence-electron chi connectivity index (χ0n) is 11.0. The van der Waals surface area contributed by atoms with Gasteiger partial charge in [-0.05, 0) is 6.07 Å². The monoisotopic (exact) mass is 285 g/mol. The van der Waals surface area contributed by atoms with Gasteiger partial charge in [0.1, 0.15) is 0 Å². The summed E-state index contributed by atoms with van der Waals surface area (Å²) >= 11 is 0. The first kappa shape index (κ1) is 14.2. The van der Waals surface area contributed by atoms with Crippen LogP contribution in [0.5, 0.6) is 0 Å². The molecule has 1 atom stereocenters. The second-order valence-corrected chi connectivity index (χ2v) is 6.73. The number of fused-ring (bicyclic) bond motifs is 1. The van der Waals surface area contributed by atoms with E-state index < -0.39 is 10.0 Å². The van der Waals surface area contributed by atoms with Crippen molar-refractivity contribution in [3.05, 3.63) is 30.6 Å². The van der Waals surface area contributed by atoms with Crippen LogP contribution in [0.2, 0.25) is 0 Å². The minimum absolute atomic E-state index is 0.0934. The van der Waals surface area contributed by atoms with Gasteiger partial charge >= 0.3 is 0 Å². The molecule has 0 saturated heterocycles. The summed E-state index contributed by atoms with van der Waals surface area (Å²) < 4.78 is 32.4. The maximum absolute atomic E-state index is 11.8. The van der Waals surface area contributed by atoms with E-state index in [2.05, 4.69) is 11.7 Å². The lowest BCUT2D eigenvalue weighted by atomic mass is 10.1. The minimum Gasteiger partial charge on any atom is -0.377 e. The SMILES string of the molecule is C=CCOC[C@H]1CN(S(C)(=O)=O)Cc2ccnn2C1. The van der Waals surface area contributed by atoms with Gasteiger partial charge in [-0.15, -0.1) is 6.58 Å². The Balaban J connectivity index is 2.15. The van der Waals surface area contributed by atoms with Gasteiger partial charge in [0.15, 0.2) is 0 Å². The molecule has 0 unspecified atom stereocenters. The molecule has 0 amide bonds. The summed E-state index contributed by atoms with van der Waals surface area (Å²) in [4.78, 5) is 0. The molecule has 1 aromatic heterocycles. The van der Waals surface area contributed by atoms with Crippen LogP contribution in [0.25, 0.3) is 0 Å². The highest BCUT2D eigenvalue weighted by atomic mass is 32.2. The maximum atomic E-state index is 11.8. The normalized spacial score (nSPS) is 20.8. The Morgan fingerprint density at radius 1 is 1.58 bits per heavy atom. The van der Waals surface area contributed by atoms with Crippen LogP contribution in [0.15, 0.2) is 24.9 Å². The molecule has 0 aliphatic carbocycles. The Bertz CT molecular complexity index is 538. The van der Waals surface area contributed by atoms with E-state index in [-0.39, 0.29) is 5.92 Å². The van der Waals surface area contributed by atoms with Gasteiger partial charge in [0.25, 0.3) is 0 Å². The summed E-state index contributed by atoms with van der Waals surface area (Å²) in [6.07, 6.45) is 4.62. The van der Waals surface area contributed by atoms with E-state index in [9.17, 15) is 8.42 Å². The quantitative estimate of drug-likeness (QED) is 0.583. The average molecular weight is 285 g/mol. The van der Waals surface area contributed by atoms with Gasteiger partial charge in [-0.3, -0.25) is 4.68 Å². The lowest BCUT2D eigenvalue weighted by Gasteiger charge is -2.21. The molecular weight excluding hydrogens is 266 g/mol. The summed E-state index contributed by atoms with van der Waals surface area (Å²) in [5.74, 6) is 0.0934. The molecule has 0 fully saturated rings. The highest BCUT2D eigenvalue weighted by Gasteiger charge is 2.27. The van der Waals surface area contributed by atoms with Crippen LogP contribution in [-0.2, 0) is 27.8 Å². The van der Waals surface area contributed by atoms with Gasteiger partial charge in [-0.2, -0.15) is 9.40 Å². The second kappa shape index (κ2) is 5.85. The Kier molecular flexibility index (Phi) is 4.38. The van der Waals surface area contributed by atoms with Gasteiger partial charge in [-0.1, -0.05) is 6.08 Å². The van der Waals surface area contributed by atoms with Gasteiger partial charge in [-0.25, -0.2) is 8.42 Å². The summed E-state index contributed by atoms with van der Waals surface area (Å²) in [5.41, 5.74) is 0.914. The van der Waals surface area contributed by atoms with E-state index >= 15 is 0 Å². The van der Waals surface area contributed by atoms with Gasteiger partial charge in [0.2, 0.25) is 10.0 Å². The largest absolute Gasteiger partial charge is 0.377 e. The van der Waals surface area contributed by atoms with Crippen molar-refractivity contribution in [2.24, 2.45) is 5.92 Å². The molecule has 6 nitrogen and oxygen atoms in total.